The number of hydrogen-bond acceptors (Lipinski definition) is 6. The van der Waals surface area contributed by atoms with Crippen LogP contribution in [0.15, 0.2) is 29.6 Å². The monoisotopic (exact) mass is 312 g/mol. The van der Waals surface area contributed by atoms with E-state index in [0.29, 0.717) is 26.6 Å². The lowest BCUT2D eigenvalue weighted by Crippen LogP contribution is -2.05. The smallest absolute Gasteiger partial charge is 0.279 e. The molecule has 0 amide bonds. The maximum atomic E-state index is 8.44. The lowest BCUT2D eigenvalue weighted by Gasteiger charge is -2.11. The Bertz CT molecular complexity index is 613. The summed E-state index contributed by atoms with van der Waals surface area (Å²) in [5.74, 6) is 1.18. The molecule has 0 aliphatic rings. The molecule has 1 aromatic heterocycles. The fraction of sp³-hybridized carbons (Fsp3) is 0.231. The zero-order valence-corrected chi connectivity index (χ0v) is 12.5. The molecule has 20 heavy (non-hydrogen) atoms. The van der Waals surface area contributed by atoms with E-state index in [1.54, 1.807) is 24.4 Å². The maximum absolute atomic E-state index is 8.44. The van der Waals surface area contributed by atoms with Gasteiger partial charge in [0.25, 0.3) is 5.19 Å². The van der Waals surface area contributed by atoms with Gasteiger partial charge in [0, 0.05) is 6.07 Å². The number of rotatable bonds is 5. The summed E-state index contributed by atoms with van der Waals surface area (Å²) in [5, 5.41) is 12.2. The van der Waals surface area contributed by atoms with Gasteiger partial charge in [-0.2, -0.15) is 0 Å². The second kappa shape index (κ2) is 6.58. The minimum absolute atomic E-state index is 0.0807. The van der Waals surface area contributed by atoms with Gasteiger partial charge in [-0.15, -0.1) is 0 Å². The lowest BCUT2D eigenvalue weighted by molar-refractivity contribution is 0.242. The van der Waals surface area contributed by atoms with E-state index < -0.39 is 0 Å². The molecular formula is C13H13ClN2O3S. The topological polar surface area (TPSA) is 63.9 Å². The van der Waals surface area contributed by atoms with Crippen LogP contribution in [0.25, 0.3) is 0 Å². The number of benzene rings is 1. The van der Waals surface area contributed by atoms with Crippen molar-refractivity contribution >= 4 is 29.2 Å². The highest BCUT2D eigenvalue weighted by Gasteiger charge is 2.09. The molecule has 7 heteroatoms. The van der Waals surface area contributed by atoms with Gasteiger partial charge in [0.1, 0.15) is 11.5 Å². The molecule has 0 fully saturated rings. The highest BCUT2D eigenvalue weighted by atomic mass is 35.5. The number of nitrogens with zero attached hydrogens (tertiary/aromatic N) is 2. The van der Waals surface area contributed by atoms with Crippen LogP contribution in [-0.4, -0.2) is 22.5 Å². The van der Waals surface area contributed by atoms with Gasteiger partial charge in [0.2, 0.25) is 0 Å². The summed E-state index contributed by atoms with van der Waals surface area (Å²) < 4.78 is 11.1. The highest BCUT2D eigenvalue weighted by Crippen LogP contribution is 2.34. The van der Waals surface area contributed by atoms with Gasteiger partial charge in [-0.25, -0.2) is 4.98 Å². The number of oxime groups is 1. The molecule has 0 unspecified atom stereocenters. The van der Waals surface area contributed by atoms with Crippen molar-refractivity contribution in [2.75, 3.05) is 0 Å². The molecule has 0 spiro atoms. The molecule has 2 rings (SSSR count). The van der Waals surface area contributed by atoms with Crippen LogP contribution in [0.1, 0.15) is 18.7 Å². The van der Waals surface area contributed by atoms with Crippen LogP contribution >= 0.6 is 22.9 Å². The summed E-state index contributed by atoms with van der Waals surface area (Å²) in [4.78, 5) is 4.73. The van der Waals surface area contributed by atoms with Gasteiger partial charge in [-0.3, -0.25) is 0 Å². The molecule has 0 radical (unpaired) electrons. The predicted octanol–water partition coefficient (Wildman–Crippen LogP) is 4.18. The van der Waals surface area contributed by atoms with Crippen molar-refractivity contribution in [2.45, 2.75) is 20.0 Å². The summed E-state index contributed by atoms with van der Waals surface area (Å²) in [6.45, 7) is 3.89. The standard InChI is InChI=1S/C13H13ClN2O3S/c1-8(2)18-9-3-4-12(11(14)5-9)19-13-15-6-10(20-13)7-16-17/h3-8,17H,1-2H3. The van der Waals surface area contributed by atoms with E-state index >= 15 is 0 Å². The largest absolute Gasteiger partial charge is 0.491 e. The van der Waals surface area contributed by atoms with Crippen LogP contribution in [0, 0.1) is 0 Å². The number of hydrogen-bond donors (Lipinski definition) is 1. The first kappa shape index (κ1) is 14.6. The summed E-state index contributed by atoms with van der Waals surface area (Å²) in [6, 6.07) is 5.20. The van der Waals surface area contributed by atoms with Crippen molar-refractivity contribution in [3.8, 4) is 16.7 Å². The van der Waals surface area contributed by atoms with E-state index in [1.807, 2.05) is 13.8 Å². The lowest BCUT2D eigenvalue weighted by atomic mass is 10.3. The molecule has 1 heterocycles. The van der Waals surface area contributed by atoms with Gasteiger partial charge < -0.3 is 14.7 Å². The van der Waals surface area contributed by atoms with Crippen LogP contribution in [-0.2, 0) is 0 Å². The Morgan fingerprint density at radius 3 is 2.90 bits per heavy atom. The Morgan fingerprint density at radius 2 is 2.25 bits per heavy atom. The fourth-order valence-electron chi connectivity index (χ4n) is 1.44. The SMILES string of the molecule is CC(C)Oc1ccc(Oc2ncc(C=NO)s2)c(Cl)c1. The van der Waals surface area contributed by atoms with E-state index in [-0.39, 0.29) is 6.10 Å². The Labute approximate surface area is 125 Å². The van der Waals surface area contributed by atoms with E-state index in [1.165, 1.54) is 17.6 Å². The summed E-state index contributed by atoms with van der Waals surface area (Å²) in [7, 11) is 0. The molecular weight excluding hydrogens is 300 g/mol. The molecule has 1 N–H and O–H groups in total. The van der Waals surface area contributed by atoms with Crippen LogP contribution in [0.5, 0.6) is 16.7 Å². The first-order valence-electron chi connectivity index (χ1n) is 5.86. The maximum Gasteiger partial charge on any atom is 0.279 e. The molecule has 0 saturated carbocycles. The Hall–Kier alpha value is -1.79. The normalized spacial score (nSPS) is 11.2. The van der Waals surface area contributed by atoms with Crippen LogP contribution in [0.4, 0.5) is 0 Å². The first-order valence-corrected chi connectivity index (χ1v) is 7.05. The molecule has 1 aromatic carbocycles. The van der Waals surface area contributed by atoms with Crippen molar-refractivity contribution in [1.29, 1.82) is 0 Å². The van der Waals surface area contributed by atoms with Gasteiger partial charge in [-0.1, -0.05) is 28.1 Å². The molecule has 0 atom stereocenters. The van der Waals surface area contributed by atoms with Crippen LogP contribution < -0.4 is 9.47 Å². The van der Waals surface area contributed by atoms with Crippen molar-refractivity contribution < 1.29 is 14.7 Å². The van der Waals surface area contributed by atoms with Gasteiger partial charge in [0.05, 0.1) is 28.4 Å². The van der Waals surface area contributed by atoms with Gasteiger partial charge in [0.15, 0.2) is 0 Å². The van der Waals surface area contributed by atoms with Crippen molar-refractivity contribution in [3.63, 3.8) is 0 Å². The summed E-state index contributed by atoms with van der Waals surface area (Å²) >= 11 is 7.38. The third-order valence-electron chi connectivity index (χ3n) is 2.16. The molecule has 2 aromatic rings. The third-order valence-corrected chi connectivity index (χ3v) is 3.26. The van der Waals surface area contributed by atoms with Gasteiger partial charge >= 0.3 is 0 Å². The van der Waals surface area contributed by atoms with Crippen molar-refractivity contribution in [2.24, 2.45) is 5.16 Å². The second-order valence-corrected chi connectivity index (χ2v) is 5.57. The minimum Gasteiger partial charge on any atom is -0.491 e. The predicted molar refractivity (Wildman–Crippen MR) is 78.8 cm³/mol. The van der Waals surface area contributed by atoms with Gasteiger partial charge in [-0.05, 0) is 26.0 Å². The third kappa shape index (κ3) is 3.85. The fourth-order valence-corrected chi connectivity index (χ4v) is 2.29. The van der Waals surface area contributed by atoms with E-state index in [2.05, 4.69) is 10.1 Å². The molecule has 0 saturated heterocycles. The zero-order valence-electron chi connectivity index (χ0n) is 10.9. The van der Waals surface area contributed by atoms with E-state index in [4.69, 9.17) is 26.3 Å². The molecule has 0 aliphatic carbocycles. The summed E-state index contributed by atoms with van der Waals surface area (Å²) in [5.41, 5.74) is 0. The van der Waals surface area contributed by atoms with E-state index in [9.17, 15) is 0 Å². The minimum atomic E-state index is 0.0807. The number of aromatic nitrogens is 1. The second-order valence-electron chi connectivity index (χ2n) is 4.13. The van der Waals surface area contributed by atoms with Crippen molar-refractivity contribution in [1.82, 2.24) is 4.98 Å². The Balaban J connectivity index is 2.12. The highest BCUT2D eigenvalue weighted by molar-refractivity contribution is 7.15. The van der Waals surface area contributed by atoms with Crippen LogP contribution in [0.2, 0.25) is 5.02 Å². The number of ether oxygens (including phenoxy) is 2. The Morgan fingerprint density at radius 1 is 1.45 bits per heavy atom. The van der Waals surface area contributed by atoms with E-state index in [0.717, 1.165) is 0 Å². The zero-order chi connectivity index (χ0) is 14.5. The molecule has 0 aliphatic heterocycles. The molecule has 0 bridgehead atoms. The summed E-state index contributed by atoms with van der Waals surface area (Å²) in [6.07, 6.45) is 2.91. The van der Waals surface area contributed by atoms with Crippen LogP contribution in [0.3, 0.4) is 0 Å². The quantitative estimate of drug-likeness (QED) is 0.511. The average molecular weight is 313 g/mol. The average Bonchev–Trinajstić information content (AvgIpc) is 2.80. The number of thiazole rings is 1. The molecule has 5 nitrogen and oxygen atoms in total. The Kier molecular flexibility index (Phi) is 4.81. The number of halogens is 1. The van der Waals surface area contributed by atoms with Crippen molar-refractivity contribution in [3.05, 3.63) is 34.3 Å². The molecule has 106 valence electrons. The first-order chi connectivity index (χ1) is 9.58.